The SMILES string of the molecule is CC.Cc1cc2c(N3CCCOCC3)nc(OC3CCOCC3)nc2c(OC(C)c2ccccc2)c1Br. The lowest BCUT2D eigenvalue weighted by atomic mass is 10.1. The van der Waals surface area contributed by atoms with Gasteiger partial charge in [-0.05, 0) is 53.4 Å². The minimum absolute atomic E-state index is 0.0445. The Bertz CT molecular complexity index is 1150. The molecular formula is C29H38BrN3O4. The molecular weight excluding hydrogens is 534 g/mol. The lowest BCUT2D eigenvalue weighted by Gasteiger charge is -2.26. The second-order valence-corrected chi connectivity index (χ2v) is 9.91. The van der Waals surface area contributed by atoms with Gasteiger partial charge in [0, 0.05) is 37.9 Å². The molecule has 0 saturated carbocycles. The molecule has 0 bridgehead atoms. The number of benzene rings is 2. The molecule has 0 spiro atoms. The largest absolute Gasteiger partial charge is 0.483 e. The molecule has 1 aromatic heterocycles. The Kier molecular flexibility index (Phi) is 10.00. The summed E-state index contributed by atoms with van der Waals surface area (Å²) < 4.78 is 25.0. The van der Waals surface area contributed by atoms with Crippen LogP contribution in [0.4, 0.5) is 5.82 Å². The third-order valence-electron chi connectivity index (χ3n) is 6.55. The van der Waals surface area contributed by atoms with Gasteiger partial charge in [-0.3, -0.25) is 0 Å². The topological polar surface area (TPSA) is 65.9 Å². The molecule has 200 valence electrons. The standard InChI is InChI=1S/C27H32BrN3O4.C2H6/c1-18-17-22-24(25(23(18)28)34-19(2)20-7-4-3-5-8-20)29-27(35-21-9-14-33-15-10-21)30-26(22)31-11-6-13-32-16-12-31;1-2/h3-5,7-8,17,19,21H,6,9-16H2,1-2H3;1-2H3. The average Bonchev–Trinajstić information content (AvgIpc) is 3.23. The molecule has 8 heteroatoms. The van der Waals surface area contributed by atoms with Gasteiger partial charge in [-0.15, -0.1) is 0 Å². The van der Waals surface area contributed by atoms with Gasteiger partial charge in [0.25, 0.3) is 0 Å². The van der Waals surface area contributed by atoms with Crippen LogP contribution < -0.4 is 14.4 Å². The van der Waals surface area contributed by atoms with E-state index in [2.05, 4.69) is 52.9 Å². The summed E-state index contributed by atoms with van der Waals surface area (Å²) in [4.78, 5) is 12.1. The van der Waals surface area contributed by atoms with Crippen LogP contribution in [-0.4, -0.2) is 55.6 Å². The van der Waals surface area contributed by atoms with Gasteiger partial charge < -0.3 is 23.8 Å². The summed E-state index contributed by atoms with van der Waals surface area (Å²) in [6.45, 7) is 12.6. The number of fused-ring (bicyclic) bond motifs is 1. The summed E-state index contributed by atoms with van der Waals surface area (Å²) in [5.41, 5.74) is 2.93. The Morgan fingerprint density at radius 1 is 1.00 bits per heavy atom. The predicted octanol–water partition coefficient (Wildman–Crippen LogP) is 6.65. The first-order valence-corrected chi connectivity index (χ1v) is 14.2. The zero-order valence-corrected chi connectivity index (χ0v) is 23.9. The smallest absolute Gasteiger partial charge is 0.319 e. The number of halogens is 1. The maximum atomic E-state index is 6.58. The molecule has 2 fully saturated rings. The van der Waals surface area contributed by atoms with Gasteiger partial charge in [0.15, 0.2) is 5.75 Å². The summed E-state index contributed by atoms with van der Waals surface area (Å²) >= 11 is 3.78. The van der Waals surface area contributed by atoms with Crippen LogP contribution in [0.5, 0.6) is 11.8 Å². The van der Waals surface area contributed by atoms with E-state index in [-0.39, 0.29) is 12.2 Å². The van der Waals surface area contributed by atoms with Crippen LogP contribution >= 0.6 is 15.9 Å². The fraction of sp³-hybridized carbons (Fsp3) is 0.517. The molecule has 5 rings (SSSR count). The highest BCUT2D eigenvalue weighted by Crippen LogP contribution is 2.41. The highest BCUT2D eigenvalue weighted by Gasteiger charge is 2.25. The number of aryl methyl sites for hydroxylation is 1. The number of nitrogens with zero attached hydrogens (tertiary/aromatic N) is 3. The van der Waals surface area contributed by atoms with E-state index in [1.54, 1.807) is 0 Å². The van der Waals surface area contributed by atoms with E-state index >= 15 is 0 Å². The van der Waals surface area contributed by atoms with E-state index in [1.165, 1.54) is 0 Å². The van der Waals surface area contributed by atoms with Gasteiger partial charge in [-0.25, -0.2) is 0 Å². The molecule has 3 heterocycles. The molecule has 2 aromatic carbocycles. The Morgan fingerprint density at radius 2 is 1.73 bits per heavy atom. The second kappa shape index (κ2) is 13.4. The molecule has 7 nitrogen and oxygen atoms in total. The van der Waals surface area contributed by atoms with Gasteiger partial charge in [-0.2, -0.15) is 9.97 Å². The van der Waals surface area contributed by atoms with Crippen molar-refractivity contribution in [3.05, 3.63) is 52.0 Å². The molecule has 1 unspecified atom stereocenters. The van der Waals surface area contributed by atoms with Gasteiger partial charge in [0.2, 0.25) is 0 Å². The van der Waals surface area contributed by atoms with Crippen LogP contribution in [0.2, 0.25) is 0 Å². The number of hydrogen-bond acceptors (Lipinski definition) is 7. The van der Waals surface area contributed by atoms with Crippen LogP contribution in [0.25, 0.3) is 10.9 Å². The Labute approximate surface area is 228 Å². The van der Waals surface area contributed by atoms with Gasteiger partial charge in [-0.1, -0.05) is 44.2 Å². The van der Waals surface area contributed by atoms with Crippen molar-refractivity contribution in [3.8, 4) is 11.8 Å². The Hall–Kier alpha value is -2.42. The minimum Gasteiger partial charge on any atom is -0.483 e. The lowest BCUT2D eigenvalue weighted by Crippen LogP contribution is -2.29. The third kappa shape index (κ3) is 6.72. The van der Waals surface area contributed by atoms with E-state index in [9.17, 15) is 0 Å². The molecule has 3 aromatic rings. The van der Waals surface area contributed by atoms with Gasteiger partial charge in [0.05, 0.1) is 24.3 Å². The van der Waals surface area contributed by atoms with E-state index in [0.717, 1.165) is 71.3 Å². The highest BCUT2D eigenvalue weighted by molar-refractivity contribution is 9.10. The average molecular weight is 573 g/mol. The number of aromatic nitrogens is 2. The van der Waals surface area contributed by atoms with Crippen molar-refractivity contribution in [3.63, 3.8) is 0 Å². The quantitative estimate of drug-likeness (QED) is 0.328. The van der Waals surface area contributed by atoms with Crippen molar-refractivity contribution >= 4 is 32.7 Å². The molecule has 0 N–H and O–H groups in total. The second-order valence-electron chi connectivity index (χ2n) is 9.12. The number of anilines is 1. The molecule has 0 radical (unpaired) electrons. The monoisotopic (exact) mass is 571 g/mol. The first-order chi connectivity index (χ1) is 18.1. The highest BCUT2D eigenvalue weighted by atomic mass is 79.9. The first kappa shape index (κ1) is 27.6. The summed E-state index contributed by atoms with van der Waals surface area (Å²) in [5, 5.41) is 0.960. The minimum atomic E-state index is -0.151. The normalized spacial score (nSPS) is 17.5. The lowest BCUT2D eigenvalue weighted by molar-refractivity contribution is 0.0219. The number of hydrogen-bond donors (Lipinski definition) is 0. The maximum Gasteiger partial charge on any atom is 0.319 e. The Morgan fingerprint density at radius 3 is 2.49 bits per heavy atom. The van der Waals surface area contributed by atoms with Crippen molar-refractivity contribution in [2.75, 3.05) is 44.4 Å². The van der Waals surface area contributed by atoms with Crippen LogP contribution in [0.15, 0.2) is 40.9 Å². The zero-order valence-electron chi connectivity index (χ0n) is 22.3. The summed E-state index contributed by atoms with van der Waals surface area (Å²) in [5.74, 6) is 1.58. The fourth-order valence-corrected chi connectivity index (χ4v) is 4.97. The molecule has 0 amide bonds. The van der Waals surface area contributed by atoms with Gasteiger partial charge in [0.1, 0.15) is 23.5 Å². The van der Waals surface area contributed by atoms with Crippen molar-refractivity contribution in [1.82, 2.24) is 9.97 Å². The number of ether oxygens (including phenoxy) is 4. The molecule has 2 aliphatic heterocycles. The van der Waals surface area contributed by atoms with E-state index in [1.807, 2.05) is 32.0 Å². The van der Waals surface area contributed by atoms with Crippen LogP contribution in [-0.2, 0) is 9.47 Å². The van der Waals surface area contributed by atoms with Crippen molar-refractivity contribution in [2.24, 2.45) is 0 Å². The van der Waals surface area contributed by atoms with Crippen molar-refractivity contribution in [2.45, 2.75) is 59.2 Å². The summed E-state index contributed by atoms with van der Waals surface area (Å²) in [7, 11) is 0. The Balaban J connectivity index is 0.00000156. The third-order valence-corrected chi connectivity index (χ3v) is 7.54. The van der Waals surface area contributed by atoms with Crippen LogP contribution in [0.3, 0.4) is 0 Å². The fourth-order valence-electron chi connectivity index (χ4n) is 4.58. The van der Waals surface area contributed by atoms with E-state index in [4.69, 9.17) is 28.9 Å². The zero-order chi connectivity index (χ0) is 26.2. The molecule has 1 atom stereocenters. The van der Waals surface area contributed by atoms with Gasteiger partial charge >= 0.3 is 6.01 Å². The first-order valence-electron chi connectivity index (χ1n) is 13.4. The molecule has 37 heavy (non-hydrogen) atoms. The molecule has 2 aliphatic rings. The van der Waals surface area contributed by atoms with Crippen molar-refractivity contribution < 1.29 is 18.9 Å². The van der Waals surface area contributed by atoms with Crippen LogP contribution in [0.1, 0.15) is 57.3 Å². The van der Waals surface area contributed by atoms with E-state index < -0.39 is 0 Å². The summed E-state index contributed by atoms with van der Waals surface area (Å²) in [6.07, 6.45) is 2.51. The van der Waals surface area contributed by atoms with Crippen molar-refractivity contribution in [1.29, 1.82) is 0 Å². The summed E-state index contributed by atoms with van der Waals surface area (Å²) in [6, 6.07) is 12.7. The van der Waals surface area contributed by atoms with Crippen LogP contribution in [0, 0.1) is 6.92 Å². The van der Waals surface area contributed by atoms with E-state index in [0.29, 0.717) is 31.6 Å². The predicted molar refractivity (Wildman–Crippen MR) is 151 cm³/mol. The number of rotatable bonds is 6. The molecule has 0 aliphatic carbocycles. The molecule has 2 saturated heterocycles. The maximum absolute atomic E-state index is 6.58.